The van der Waals surface area contributed by atoms with Crippen LogP contribution in [0.25, 0.3) is 0 Å². The first kappa shape index (κ1) is 8.75. The second kappa shape index (κ2) is 4.52. The quantitative estimate of drug-likeness (QED) is 0.698. The highest BCUT2D eigenvalue weighted by Crippen LogP contribution is 2.01. The van der Waals surface area contributed by atoms with E-state index >= 15 is 0 Å². The van der Waals surface area contributed by atoms with Crippen molar-refractivity contribution in [2.75, 3.05) is 13.6 Å². The van der Waals surface area contributed by atoms with Crippen LogP contribution in [0.2, 0.25) is 0 Å². The Bertz CT molecular complexity index is 196. The number of halogens is 1. The van der Waals surface area contributed by atoms with E-state index in [0.717, 1.165) is 13.0 Å². The van der Waals surface area contributed by atoms with Gasteiger partial charge in [0.15, 0.2) is 0 Å². The van der Waals surface area contributed by atoms with Gasteiger partial charge in [-0.1, -0.05) is 30.3 Å². The topological polar surface area (TPSA) is 3.24 Å². The summed E-state index contributed by atoms with van der Waals surface area (Å²) in [6.45, 7) is 1.05. The summed E-state index contributed by atoms with van der Waals surface area (Å²) in [4.78, 5) is 0. The van der Waals surface area contributed by atoms with Crippen molar-refractivity contribution in [3.63, 3.8) is 0 Å². The third-order valence-electron chi connectivity index (χ3n) is 1.55. The molecule has 2 heteroatoms. The third kappa shape index (κ3) is 3.54. The minimum atomic E-state index is 1.05. The fraction of sp³-hybridized carbons (Fsp3) is 0.333. The number of hydrogen-bond acceptors (Lipinski definition) is 1. The number of rotatable bonds is 3. The zero-order valence-corrected chi connectivity index (χ0v) is 8.21. The van der Waals surface area contributed by atoms with Gasteiger partial charge in [0.25, 0.3) is 0 Å². The van der Waals surface area contributed by atoms with Crippen LogP contribution in [0.5, 0.6) is 0 Å². The molecule has 0 atom stereocenters. The van der Waals surface area contributed by atoms with Crippen LogP contribution in [-0.4, -0.2) is 17.5 Å². The highest BCUT2D eigenvalue weighted by molar-refractivity contribution is 9.07. The van der Waals surface area contributed by atoms with Crippen LogP contribution in [0.15, 0.2) is 30.3 Å². The van der Waals surface area contributed by atoms with Crippen molar-refractivity contribution >= 4 is 16.1 Å². The van der Waals surface area contributed by atoms with Gasteiger partial charge in [-0.2, -0.15) is 0 Å². The molecule has 1 rings (SSSR count). The molecule has 0 amide bonds. The molecule has 0 fully saturated rings. The molecule has 0 aliphatic heterocycles. The Morgan fingerprint density at radius 2 is 1.91 bits per heavy atom. The lowest BCUT2D eigenvalue weighted by Gasteiger charge is -2.05. The maximum Gasteiger partial charge on any atom is 0.0130 e. The van der Waals surface area contributed by atoms with Crippen molar-refractivity contribution in [1.82, 2.24) is 3.93 Å². The summed E-state index contributed by atoms with van der Waals surface area (Å²) in [5.74, 6) is 0. The first-order valence-electron chi connectivity index (χ1n) is 3.70. The molecule has 0 heterocycles. The SMILES string of the molecule is CN(Br)CCc1ccccc1. The Morgan fingerprint density at radius 3 is 2.45 bits per heavy atom. The number of benzene rings is 1. The van der Waals surface area contributed by atoms with Crippen LogP contribution in [-0.2, 0) is 6.42 Å². The highest BCUT2D eigenvalue weighted by Gasteiger charge is 1.93. The zero-order valence-electron chi connectivity index (χ0n) is 6.63. The Balaban J connectivity index is 2.39. The maximum absolute atomic E-state index is 3.37. The standard InChI is InChI=1S/C9H12BrN/c1-11(10)8-7-9-5-3-2-4-6-9/h2-6H,7-8H2,1H3. The first-order valence-corrected chi connectivity index (χ1v) is 4.41. The van der Waals surface area contributed by atoms with E-state index in [2.05, 4.69) is 40.4 Å². The molecule has 0 bridgehead atoms. The van der Waals surface area contributed by atoms with Gasteiger partial charge in [0.2, 0.25) is 0 Å². The summed E-state index contributed by atoms with van der Waals surface area (Å²) >= 11 is 3.37. The summed E-state index contributed by atoms with van der Waals surface area (Å²) in [5.41, 5.74) is 1.39. The normalized spacial score (nSPS) is 10.5. The van der Waals surface area contributed by atoms with Crippen molar-refractivity contribution in [2.45, 2.75) is 6.42 Å². The van der Waals surface area contributed by atoms with Crippen molar-refractivity contribution in [3.8, 4) is 0 Å². The van der Waals surface area contributed by atoms with E-state index in [0.29, 0.717) is 0 Å². The second-order valence-electron chi connectivity index (χ2n) is 2.56. The molecule has 0 radical (unpaired) electrons. The molecular weight excluding hydrogens is 202 g/mol. The smallest absolute Gasteiger partial charge is 0.0130 e. The average molecular weight is 214 g/mol. The van der Waals surface area contributed by atoms with Gasteiger partial charge in [-0.25, -0.2) is 3.93 Å². The highest BCUT2D eigenvalue weighted by atomic mass is 79.9. The first-order chi connectivity index (χ1) is 5.29. The lowest BCUT2D eigenvalue weighted by molar-refractivity contribution is 0.588. The van der Waals surface area contributed by atoms with E-state index < -0.39 is 0 Å². The minimum absolute atomic E-state index is 1.05. The van der Waals surface area contributed by atoms with E-state index in [1.807, 2.05) is 17.0 Å². The predicted octanol–water partition coefficient (Wildman–Crippen LogP) is 2.47. The summed E-state index contributed by atoms with van der Waals surface area (Å²) in [6.07, 6.45) is 1.10. The van der Waals surface area contributed by atoms with Crippen molar-refractivity contribution in [1.29, 1.82) is 0 Å². The Hall–Kier alpha value is -0.340. The molecule has 0 unspecified atom stereocenters. The Kier molecular flexibility index (Phi) is 3.60. The predicted molar refractivity (Wildman–Crippen MR) is 51.7 cm³/mol. The van der Waals surface area contributed by atoms with Crippen LogP contribution in [0.3, 0.4) is 0 Å². The Labute approximate surface area is 76.4 Å². The molecule has 0 saturated heterocycles. The molecule has 0 aliphatic rings. The van der Waals surface area contributed by atoms with Crippen LogP contribution < -0.4 is 0 Å². The molecule has 11 heavy (non-hydrogen) atoms. The van der Waals surface area contributed by atoms with E-state index in [4.69, 9.17) is 0 Å². The largest absolute Gasteiger partial charge is 0.245 e. The van der Waals surface area contributed by atoms with Crippen LogP contribution >= 0.6 is 16.1 Å². The van der Waals surface area contributed by atoms with Gasteiger partial charge in [-0.3, -0.25) is 0 Å². The van der Waals surface area contributed by atoms with Gasteiger partial charge in [0, 0.05) is 22.7 Å². The summed E-state index contributed by atoms with van der Waals surface area (Å²) < 4.78 is 2.01. The zero-order chi connectivity index (χ0) is 8.10. The van der Waals surface area contributed by atoms with Gasteiger partial charge < -0.3 is 0 Å². The average Bonchev–Trinajstić information content (AvgIpc) is 2.03. The van der Waals surface area contributed by atoms with Gasteiger partial charge >= 0.3 is 0 Å². The number of nitrogens with zero attached hydrogens (tertiary/aromatic N) is 1. The molecule has 0 saturated carbocycles. The summed E-state index contributed by atoms with van der Waals surface area (Å²) in [5, 5.41) is 0. The lowest BCUT2D eigenvalue weighted by atomic mass is 10.2. The van der Waals surface area contributed by atoms with Gasteiger partial charge in [0.1, 0.15) is 0 Å². The molecule has 60 valence electrons. The maximum atomic E-state index is 3.37. The molecule has 1 aromatic rings. The number of likely N-dealkylation sites (N-methyl/N-ethyl adjacent to an activating group) is 1. The molecule has 0 spiro atoms. The number of hydrogen-bond donors (Lipinski definition) is 0. The monoisotopic (exact) mass is 213 g/mol. The summed E-state index contributed by atoms with van der Waals surface area (Å²) in [6, 6.07) is 10.5. The molecule has 1 aromatic carbocycles. The van der Waals surface area contributed by atoms with E-state index in [9.17, 15) is 0 Å². The van der Waals surface area contributed by atoms with Gasteiger partial charge in [-0.05, 0) is 19.0 Å². The third-order valence-corrected chi connectivity index (χ3v) is 1.91. The fourth-order valence-corrected chi connectivity index (χ4v) is 1.11. The second-order valence-corrected chi connectivity index (χ2v) is 3.77. The fourth-order valence-electron chi connectivity index (χ4n) is 0.928. The van der Waals surface area contributed by atoms with Crippen molar-refractivity contribution in [2.24, 2.45) is 0 Å². The van der Waals surface area contributed by atoms with Crippen molar-refractivity contribution in [3.05, 3.63) is 35.9 Å². The van der Waals surface area contributed by atoms with E-state index in [-0.39, 0.29) is 0 Å². The van der Waals surface area contributed by atoms with E-state index in [1.165, 1.54) is 5.56 Å². The Morgan fingerprint density at radius 1 is 1.27 bits per heavy atom. The lowest BCUT2D eigenvalue weighted by Crippen LogP contribution is -2.08. The van der Waals surface area contributed by atoms with Gasteiger partial charge in [0.05, 0.1) is 0 Å². The van der Waals surface area contributed by atoms with Crippen LogP contribution in [0.4, 0.5) is 0 Å². The van der Waals surface area contributed by atoms with Crippen LogP contribution in [0, 0.1) is 0 Å². The van der Waals surface area contributed by atoms with Gasteiger partial charge in [-0.15, -0.1) is 0 Å². The molecule has 0 aromatic heterocycles. The molecule has 1 nitrogen and oxygen atoms in total. The summed E-state index contributed by atoms with van der Waals surface area (Å²) in [7, 11) is 2.02. The molecule has 0 aliphatic carbocycles. The van der Waals surface area contributed by atoms with Crippen LogP contribution in [0.1, 0.15) is 5.56 Å². The molecule has 0 N–H and O–H groups in total. The van der Waals surface area contributed by atoms with E-state index in [1.54, 1.807) is 0 Å². The van der Waals surface area contributed by atoms with Crippen molar-refractivity contribution < 1.29 is 0 Å². The minimum Gasteiger partial charge on any atom is -0.245 e. The molecular formula is C9H12BrN.